The van der Waals surface area contributed by atoms with E-state index in [1.54, 1.807) is 4.74 Å². The van der Waals surface area contributed by atoms with E-state index >= 15 is 0 Å². The summed E-state index contributed by atoms with van der Waals surface area (Å²) in [6.45, 7) is 0. The molecule has 1 atom stereocenters. The summed E-state index contributed by atoms with van der Waals surface area (Å²) in [6.07, 6.45) is -20.2. The molecule has 0 bridgehead atoms. The van der Waals surface area contributed by atoms with E-state index in [0.29, 0.717) is 0 Å². The van der Waals surface area contributed by atoms with E-state index in [2.05, 4.69) is 0 Å². The van der Waals surface area contributed by atoms with Crippen LogP contribution in [0.5, 0.6) is 0 Å². The summed E-state index contributed by atoms with van der Waals surface area (Å²) < 4.78 is 118. The van der Waals surface area contributed by atoms with E-state index < -0.39 is 30.4 Å². The molecule has 0 aromatic rings. The molecule has 0 spiro atoms. The smallest absolute Gasteiger partial charge is 0.259 e. The van der Waals surface area contributed by atoms with Gasteiger partial charge in [0.15, 0.2) is 0 Å². The van der Waals surface area contributed by atoms with Gasteiger partial charge >= 0.3 is 30.4 Å². The van der Waals surface area contributed by atoms with E-state index in [1.165, 1.54) is 0 Å². The van der Waals surface area contributed by atoms with Gasteiger partial charge in [-0.15, -0.1) is 0 Å². The Morgan fingerprint density at radius 3 is 1.29 bits per heavy atom. The molecule has 102 valence electrons. The fourth-order valence-electron chi connectivity index (χ4n) is 0.444. The number of halogens is 10. The van der Waals surface area contributed by atoms with Crippen molar-refractivity contribution in [1.82, 2.24) is 0 Å². The summed E-state index contributed by atoms with van der Waals surface area (Å²) in [5, 5.41) is 0. The number of hydrogen-bond acceptors (Lipinski definition) is 2. The van der Waals surface area contributed by atoms with Gasteiger partial charge in [0.1, 0.15) is 0 Å². The van der Waals surface area contributed by atoms with Crippen molar-refractivity contribution in [2.75, 3.05) is 0 Å². The lowest BCUT2D eigenvalue weighted by atomic mass is 10.3. The zero-order valence-electron chi connectivity index (χ0n) is 7.10. The molecular formula is C5F10O2. The summed E-state index contributed by atoms with van der Waals surface area (Å²) in [6, 6.07) is -4.19. The summed E-state index contributed by atoms with van der Waals surface area (Å²) >= 11 is 0. The predicted molar refractivity (Wildman–Crippen MR) is 28.1 cm³/mol. The topological polar surface area (TPSA) is 26.3 Å². The lowest BCUT2D eigenvalue weighted by Gasteiger charge is -2.28. The van der Waals surface area contributed by atoms with Gasteiger partial charge in [-0.3, -0.25) is 9.53 Å². The molecule has 0 radical (unpaired) electrons. The van der Waals surface area contributed by atoms with Crippen LogP contribution in [-0.4, -0.2) is 30.4 Å². The Bertz CT molecular complexity index is 303. The summed E-state index contributed by atoms with van der Waals surface area (Å²) in [4.78, 5) is 9.53. The number of carbonyl (C=O) groups is 1. The molecule has 0 aliphatic carbocycles. The molecule has 0 aromatic carbocycles. The Labute approximate surface area is 85.1 Å². The van der Waals surface area contributed by atoms with E-state index in [1.807, 2.05) is 0 Å². The second-order valence-corrected chi connectivity index (χ2v) is 2.48. The highest BCUT2D eigenvalue weighted by Crippen LogP contribution is 2.45. The second-order valence-electron chi connectivity index (χ2n) is 2.48. The van der Waals surface area contributed by atoms with Gasteiger partial charge < -0.3 is 0 Å². The third-order valence-corrected chi connectivity index (χ3v) is 1.22. The fourth-order valence-corrected chi connectivity index (χ4v) is 0.444. The maximum Gasteiger partial charge on any atom is 0.483 e. The zero-order valence-corrected chi connectivity index (χ0v) is 7.10. The molecule has 0 saturated heterocycles. The fraction of sp³-hybridized carbons (Fsp3) is 0.800. The van der Waals surface area contributed by atoms with Crippen LogP contribution in [0.3, 0.4) is 0 Å². The summed E-state index contributed by atoms with van der Waals surface area (Å²) in [5.41, 5.74) is 0. The van der Waals surface area contributed by atoms with Gasteiger partial charge in [0.2, 0.25) is 0 Å². The minimum atomic E-state index is -6.76. The first-order valence-electron chi connectivity index (χ1n) is 3.25. The van der Waals surface area contributed by atoms with Gasteiger partial charge in [0.05, 0.1) is 0 Å². The summed E-state index contributed by atoms with van der Waals surface area (Å²) in [5.74, 6) is -6.40. The maximum absolute atomic E-state index is 12.4. The van der Waals surface area contributed by atoms with Crippen molar-refractivity contribution >= 4 is 6.04 Å². The van der Waals surface area contributed by atoms with Gasteiger partial charge in [-0.1, -0.05) is 0 Å². The van der Waals surface area contributed by atoms with E-state index in [-0.39, 0.29) is 0 Å². The molecule has 0 saturated carbocycles. The molecular weight excluding hydrogens is 282 g/mol. The average molecular weight is 282 g/mol. The number of carbonyl (C=O) groups excluding carboxylic acids is 1. The Morgan fingerprint density at radius 2 is 1.12 bits per heavy atom. The minimum Gasteiger partial charge on any atom is -0.259 e. The van der Waals surface area contributed by atoms with E-state index in [4.69, 9.17) is 0 Å². The first-order valence-corrected chi connectivity index (χ1v) is 3.25. The lowest BCUT2D eigenvalue weighted by molar-refractivity contribution is -0.459. The van der Waals surface area contributed by atoms with Crippen molar-refractivity contribution in [3.05, 3.63) is 0 Å². The lowest BCUT2D eigenvalue weighted by Crippen LogP contribution is -2.56. The van der Waals surface area contributed by atoms with E-state index in [0.717, 1.165) is 0 Å². The van der Waals surface area contributed by atoms with Gasteiger partial charge in [0.25, 0.3) is 0 Å². The van der Waals surface area contributed by atoms with Crippen LogP contribution < -0.4 is 0 Å². The average Bonchev–Trinajstić information content (AvgIpc) is 1.98. The Hall–Kier alpha value is -1.07. The first kappa shape index (κ1) is 15.9. The Morgan fingerprint density at radius 1 is 0.765 bits per heavy atom. The number of ether oxygens (including phenoxy) is 1. The molecule has 0 aliphatic rings. The SMILES string of the molecule is O=C(F)C(F)(OC(F)(F)C(F)(F)F)C(F)(F)F. The van der Waals surface area contributed by atoms with Crippen molar-refractivity contribution in [3.63, 3.8) is 0 Å². The number of rotatable bonds is 3. The highest BCUT2D eigenvalue weighted by Gasteiger charge is 2.73. The second kappa shape index (κ2) is 3.99. The van der Waals surface area contributed by atoms with E-state index in [9.17, 15) is 48.7 Å². The number of hydrogen-bond donors (Lipinski definition) is 0. The van der Waals surface area contributed by atoms with Crippen LogP contribution in [-0.2, 0) is 9.53 Å². The quantitative estimate of drug-likeness (QED) is 0.587. The minimum absolute atomic E-state index is 1.64. The maximum atomic E-state index is 12.4. The highest BCUT2D eigenvalue weighted by molar-refractivity contribution is 5.77. The molecule has 1 unspecified atom stereocenters. The largest absolute Gasteiger partial charge is 0.483 e. The third-order valence-electron chi connectivity index (χ3n) is 1.22. The molecule has 0 rings (SSSR count). The van der Waals surface area contributed by atoms with Gasteiger partial charge in [-0.05, 0) is 0 Å². The molecule has 0 aromatic heterocycles. The normalized spacial score (nSPS) is 17.8. The number of alkyl halides is 9. The van der Waals surface area contributed by atoms with Crippen molar-refractivity contribution in [1.29, 1.82) is 0 Å². The molecule has 0 amide bonds. The van der Waals surface area contributed by atoms with Crippen LogP contribution in [0.2, 0.25) is 0 Å². The zero-order chi connectivity index (χ0) is 14.3. The molecule has 0 fully saturated rings. The van der Waals surface area contributed by atoms with Crippen LogP contribution in [0.4, 0.5) is 43.9 Å². The highest BCUT2D eigenvalue weighted by atomic mass is 19.4. The summed E-state index contributed by atoms with van der Waals surface area (Å²) in [7, 11) is 0. The first-order chi connectivity index (χ1) is 7.15. The Balaban J connectivity index is 5.39. The molecule has 0 aliphatic heterocycles. The van der Waals surface area contributed by atoms with Crippen LogP contribution in [0.25, 0.3) is 0 Å². The van der Waals surface area contributed by atoms with Crippen molar-refractivity contribution in [2.45, 2.75) is 24.3 Å². The van der Waals surface area contributed by atoms with Crippen molar-refractivity contribution in [2.24, 2.45) is 0 Å². The van der Waals surface area contributed by atoms with Gasteiger partial charge in [-0.25, -0.2) is 0 Å². The van der Waals surface area contributed by atoms with Crippen molar-refractivity contribution < 1.29 is 53.4 Å². The molecule has 17 heavy (non-hydrogen) atoms. The third kappa shape index (κ3) is 2.98. The van der Waals surface area contributed by atoms with Crippen LogP contribution in [0.15, 0.2) is 0 Å². The molecule has 12 heteroatoms. The predicted octanol–water partition coefficient (Wildman–Crippen LogP) is 2.88. The molecule has 2 nitrogen and oxygen atoms in total. The van der Waals surface area contributed by atoms with Gasteiger partial charge in [0, 0.05) is 0 Å². The monoisotopic (exact) mass is 282 g/mol. The standard InChI is InChI=1S/C5F10O2/c6-1(16)2(7,3(8,9)10)17-5(14,15)4(11,12)13. The van der Waals surface area contributed by atoms with Crippen molar-refractivity contribution in [3.8, 4) is 0 Å². The molecule has 0 heterocycles. The van der Waals surface area contributed by atoms with Gasteiger partial charge in [-0.2, -0.15) is 43.9 Å². The Kier molecular flexibility index (Phi) is 3.74. The van der Waals surface area contributed by atoms with Crippen LogP contribution in [0, 0.1) is 0 Å². The molecule has 0 N–H and O–H groups in total. The van der Waals surface area contributed by atoms with Crippen LogP contribution >= 0.6 is 0 Å². The van der Waals surface area contributed by atoms with Crippen LogP contribution in [0.1, 0.15) is 0 Å².